The molecule has 1 aromatic carbocycles. The molecule has 0 saturated carbocycles. The molecule has 0 unspecified atom stereocenters. The van der Waals surface area contributed by atoms with Crippen molar-refractivity contribution in [3.05, 3.63) is 39.9 Å². The van der Waals surface area contributed by atoms with Crippen LogP contribution in [0.25, 0.3) is 6.08 Å². The molecule has 2 N–H and O–H groups in total. The number of rotatable bonds is 2. The molecule has 0 atom stereocenters. The Morgan fingerprint density at radius 2 is 2.00 bits per heavy atom. The average molecular weight is 280 g/mol. The largest absolute Gasteiger partial charge is 0.417 e. The first-order valence-corrected chi connectivity index (χ1v) is 4.98. The summed E-state index contributed by atoms with van der Waals surface area (Å²) in [5.74, 6) is 0. The number of hydrogen-bond acceptors (Lipinski definition) is 1. The molecule has 15 heavy (non-hydrogen) atoms. The second-order valence-electron chi connectivity index (χ2n) is 2.88. The van der Waals surface area contributed by atoms with E-state index in [9.17, 15) is 13.2 Å². The maximum atomic E-state index is 12.5. The van der Waals surface area contributed by atoms with E-state index < -0.39 is 11.7 Å². The van der Waals surface area contributed by atoms with Crippen LogP contribution in [0.2, 0.25) is 0 Å². The lowest BCUT2D eigenvalue weighted by molar-refractivity contribution is -0.138. The topological polar surface area (TPSA) is 26.0 Å². The van der Waals surface area contributed by atoms with E-state index in [1.165, 1.54) is 6.07 Å². The predicted molar refractivity (Wildman–Crippen MR) is 57.2 cm³/mol. The summed E-state index contributed by atoms with van der Waals surface area (Å²) >= 11 is 2.87. The van der Waals surface area contributed by atoms with Crippen molar-refractivity contribution in [2.75, 3.05) is 6.54 Å². The van der Waals surface area contributed by atoms with Crippen LogP contribution in [-0.2, 0) is 6.18 Å². The Labute approximate surface area is 93.9 Å². The number of halogens is 4. The van der Waals surface area contributed by atoms with E-state index in [4.69, 9.17) is 5.73 Å². The molecular formula is C10H9BrF3N. The predicted octanol–water partition coefficient (Wildman–Crippen LogP) is 3.44. The van der Waals surface area contributed by atoms with Crippen molar-refractivity contribution in [2.45, 2.75) is 6.18 Å². The monoisotopic (exact) mass is 279 g/mol. The Balaban J connectivity index is 3.11. The highest BCUT2D eigenvalue weighted by Crippen LogP contribution is 2.35. The minimum absolute atomic E-state index is 0.0416. The third kappa shape index (κ3) is 3.35. The fourth-order valence-corrected chi connectivity index (χ4v) is 1.54. The smallest absolute Gasteiger partial charge is 0.327 e. The molecule has 1 rings (SSSR count). The van der Waals surface area contributed by atoms with Crippen LogP contribution in [0.1, 0.15) is 11.1 Å². The quantitative estimate of drug-likeness (QED) is 0.882. The zero-order chi connectivity index (χ0) is 11.5. The van der Waals surface area contributed by atoms with Gasteiger partial charge in [-0.05, 0) is 17.7 Å². The van der Waals surface area contributed by atoms with Crippen molar-refractivity contribution in [2.24, 2.45) is 5.73 Å². The molecule has 0 aromatic heterocycles. The van der Waals surface area contributed by atoms with Crippen LogP contribution in [0, 0.1) is 0 Å². The molecule has 0 aliphatic carbocycles. The molecule has 82 valence electrons. The number of hydrogen-bond donors (Lipinski definition) is 1. The number of nitrogens with two attached hydrogens (primary N) is 1. The Hall–Kier alpha value is -0.810. The van der Waals surface area contributed by atoms with Gasteiger partial charge in [0.15, 0.2) is 0 Å². The molecule has 1 aromatic rings. The second-order valence-corrected chi connectivity index (χ2v) is 3.73. The summed E-state index contributed by atoms with van der Waals surface area (Å²) in [5, 5.41) is 0. The third-order valence-corrected chi connectivity index (χ3v) is 2.43. The van der Waals surface area contributed by atoms with Gasteiger partial charge in [-0.2, -0.15) is 13.2 Å². The molecule has 5 heteroatoms. The van der Waals surface area contributed by atoms with Gasteiger partial charge in [0.25, 0.3) is 0 Å². The molecule has 0 aliphatic rings. The van der Waals surface area contributed by atoms with Gasteiger partial charge in [-0.15, -0.1) is 0 Å². The Morgan fingerprint density at radius 1 is 1.33 bits per heavy atom. The molecule has 0 bridgehead atoms. The molecule has 0 amide bonds. The molecule has 0 aliphatic heterocycles. The van der Waals surface area contributed by atoms with Gasteiger partial charge in [0.2, 0.25) is 0 Å². The Morgan fingerprint density at radius 3 is 2.53 bits per heavy atom. The maximum Gasteiger partial charge on any atom is 0.417 e. The minimum Gasteiger partial charge on any atom is -0.327 e. The minimum atomic E-state index is -4.34. The summed E-state index contributed by atoms with van der Waals surface area (Å²) in [6, 6.07) is 4.04. The Bertz CT molecular complexity index is 371. The molecule has 0 saturated heterocycles. The van der Waals surface area contributed by atoms with Gasteiger partial charge in [0.05, 0.1) is 5.56 Å². The van der Waals surface area contributed by atoms with Gasteiger partial charge in [-0.25, -0.2) is 0 Å². The van der Waals surface area contributed by atoms with Crippen LogP contribution in [0.15, 0.2) is 28.7 Å². The first kappa shape index (κ1) is 12.3. The lowest BCUT2D eigenvalue weighted by Crippen LogP contribution is -2.06. The molecule has 0 spiro atoms. The summed E-state index contributed by atoms with van der Waals surface area (Å²) in [5.41, 5.74) is 5.02. The fourth-order valence-electron chi connectivity index (χ4n) is 1.07. The molecule has 0 fully saturated rings. The third-order valence-electron chi connectivity index (χ3n) is 1.74. The van der Waals surface area contributed by atoms with Crippen LogP contribution < -0.4 is 5.73 Å². The highest BCUT2D eigenvalue weighted by Gasteiger charge is 2.32. The number of alkyl halides is 3. The van der Waals surface area contributed by atoms with Crippen LogP contribution in [0.4, 0.5) is 13.2 Å². The second kappa shape index (κ2) is 4.81. The lowest BCUT2D eigenvalue weighted by Gasteiger charge is -2.09. The van der Waals surface area contributed by atoms with E-state index in [1.807, 2.05) is 0 Å². The van der Waals surface area contributed by atoms with Gasteiger partial charge < -0.3 is 5.73 Å². The van der Waals surface area contributed by atoms with E-state index in [2.05, 4.69) is 15.9 Å². The average Bonchev–Trinajstić information content (AvgIpc) is 2.15. The van der Waals surface area contributed by atoms with E-state index in [0.717, 1.165) is 6.07 Å². The van der Waals surface area contributed by atoms with Crippen LogP contribution in [0.3, 0.4) is 0 Å². The van der Waals surface area contributed by atoms with E-state index in [-0.39, 0.29) is 4.47 Å². The van der Waals surface area contributed by atoms with Crippen molar-refractivity contribution in [3.63, 3.8) is 0 Å². The van der Waals surface area contributed by atoms with Crippen LogP contribution >= 0.6 is 15.9 Å². The molecule has 0 heterocycles. The van der Waals surface area contributed by atoms with Crippen LogP contribution in [0.5, 0.6) is 0 Å². The summed E-state index contributed by atoms with van der Waals surface area (Å²) in [6.07, 6.45) is -1.18. The van der Waals surface area contributed by atoms with Gasteiger partial charge in [-0.1, -0.05) is 34.1 Å². The summed E-state index contributed by atoms with van der Waals surface area (Å²) in [7, 11) is 0. The molecule has 0 radical (unpaired) electrons. The maximum absolute atomic E-state index is 12.5. The summed E-state index contributed by atoms with van der Waals surface area (Å²) in [6.45, 7) is 0.303. The fraction of sp³-hybridized carbons (Fsp3) is 0.200. The van der Waals surface area contributed by atoms with Crippen molar-refractivity contribution >= 4 is 22.0 Å². The first-order valence-electron chi connectivity index (χ1n) is 4.18. The Kier molecular flexibility index (Phi) is 3.93. The van der Waals surface area contributed by atoms with Crippen molar-refractivity contribution < 1.29 is 13.2 Å². The molecular weight excluding hydrogens is 271 g/mol. The zero-order valence-corrected chi connectivity index (χ0v) is 9.27. The van der Waals surface area contributed by atoms with Gasteiger partial charge in [0, 0.05) is 11.0 Å². The SMILES string of the molecule is NC/C=C/c1ccc(Br)c(C(F)(F)F)c1. The normalized spacial score (nSPS) is 12.3. The van der Waals surface area contributed by atoms with Crippen molar-refractivity contribution in [1.29, 1.82) is 0 Å². The first-order chi connectivity index (χ1) is 6.95. The van der Waals surface area contributed by atoms with E-state index in [0.29, 0.717) is 12.1 Å². The number of benzene rings is 1. The summed E-state index contributed by atoms with van der Waals surface area (Å²) in [4.78, 5) is 0. The zero-order valence-electron chi connectivity index (χ0n) is 7.68. The van der Waals surface area contributed by atoms with Crippen molar-refractivity contribution in [1.82, 2.24) is 0 Å². The standard InChI is InChI=1S/C10H9BrF3N/c11-9-4-3-7(2-1-5-15)6-8(9)10(12,13)14/h1-4,6H,5,15H2/b2-1+. The highest BCUT2D eigenvalue weighted by atomic mass is 79.9. The molecule has 1 nitrogen and oxygen atoms in total. The van der Waals surface area contributed by atoms with Crippen molar-refractivity contribution in [3.8, 4) is 0 Å². The summed E-state index contributed by atoms with van der Waals surface area (Å²) < 4.78 is 37.5. The van der Waals surface area contributed by atoms with E-state index >= 15 is 0 Å². The lowest BCUT2D eigenvalue weighted by atomic mass is 10.1. The van der Waals surface area contributed by atoms with Gasteiger partial charge in [-0.3, -0.25) is 0 Å². The highest BCUT2D eigenvalue weighted by molar-refractivity contribution is 9.10. The van der Waals surface area contributed by atoms with Crippen LogP contribution in [-0.4, -0.2) is 6.54 Å². The van der Waals surface area contributed by atoms with Gasteiger partial charge in [0.1, 0.15) is 0 Å². The van der Waals surface area contributed by atoms with E-state index in [1.54, 1.807) is 18.2 Å². The van der Waals surface area contributed by atoms with Gasteiger partial charge >= 0.3 is 6.18 Å².